The van der Waals surface area contributed by atoms with E-state index in [1.807, 2.05) is 0 Å². The van der Waals surface area contributed by atoms with Crippen molar-refractivity contribution < 1.29 is 27.6 Å². The highest BCUT2D eigenvalue weighted by Gasteiger charge is 2.56. The Labute approximate surface area is 189 Å². The highest BCUT2D eigenvalue weighted by molar-refractivity contribution is 6.06. The Morgan fingerprint density at radius 3 is 2.59 bits per heavy atom. The molecule has 2 fully saturated rings. The number of nitrogens with zero attached hydrogens (tertiary/aromatic N) is 4. The number of halogens is 3. The van der Waals surface area contributed by atoms with Crippen LogP contribution in [0.5, 0.6) is 0 Å². The van der Waals surface area contributed by atoms with Gasteiger partial charge in [0.05, 0.1) is 23.6 Å². The number of amides is 4. The number of fused-ring (bicyclic) bond motifs is 2. The Morgan fingerprint density at radius 1 is 1.09 bits per heavy atom. The van der Waals surface area contributed by atoms with Crippen LogP contribution in [0.15, 0.2) is 42.9 Å². The molecule has 3 aromatic rings. The van der Waals surface area contributed by atoms with Crippen LogP contribution in [0.2, 0.25) is 0 Å². The molecule has 0 spiro atoms. The number of benzene rings is 1. The Bertz CT molecular complexity index is 1320. The Balaban J connectivity index is 1.36. The molecule has 34 heavy (non-hydrogen) atoms. The van der Waals surface area contributed by atoms with Crippen LogP contribution in [0, 0.1) is 5.92 Å². The van der Waals surface area contributed by atoms with Crippen LogP contribution in [0.25, 0.3) is 10.9 Å². The van der Waals surface area contributed by atoms with Crippen molar-refractivity contribution in [3.63, 3.8) is 0 Å². The molecule has 3 heterocycles. The van der Waals surface area contributed by atoms with Crippen molar-refractivity contribution in [2.24, 2.45) is 11.7 Å². The number of likely N-dealkylation sites (tertiary alicyclic amines) is 1. The van der Waals surface area contributed by atoms with Gasteiger partial charge in [0.25, 0.3) is 0 Å². The number of hydrogen-bond donors (Lipinski definition) is 3. The third-order valence-corrected chi connectivity index (χ3v) is 6.01. The molecule has 0 unspecified atom stereocenters. The van der Waals surface area contributed by atoms with Gasteiger partial charge in [0, 0.05) is 17.6 Å². The van der Waals surface area contributed by atoms with E-state index in [0.717, 1.165) is 12.6 Å². The quantitative estimate of drug-likeness (QED) is 0.537. The zero-order valence-corrected chi connectivity index (χ0v) is 17.4. The van der Waals surface area contributed by atoms with Gasteiger partial charge in [-0.15, -0.1) is 0 Å². The van der Waals surface area contributed by atoms with E-state index in [1.54, 1.807) is 24.3 Å². The number of urea groups is 1. The molecule has 2 aliphatic rings. The fourth-order valence-electron chi connectivity index (χ4n) is 4.40. The number of carbonyl (C=O) groups excluding carboxylic acids is 3. The van der Waals surface area contributed by atoms with E-state index in [-0.39, 0.29) is 17.8 Å². The molecule has 4 N–H and O–H groups in total. The van der Waals surface area contributed by atoms with E-state index >= 15 is 0 Å². The first-order valence-corrected chi connectivity index (χ1v) is 10.3. The number of nitrogens with two attached hydrogens (primary N) is 1. The number of primary amides is 1. The predicted octanol–water partition coefficient (Wildman–Crippen LogP) is 3.01. The molecular weight excluding hydrogens is 455 g/mol. The molecule has 1 saturated heterocycles. The van der Waals surface area contributed by atoms with E-state index in [4.69, 9.17) is 5.73 Å². The average molecular weight is 473 g/mol. The van der Waals surface area contributed by atoms with Crippen LogP contribution in [0.3, 0.4) is 0 Å². The van der Waals surface area contributed by atoms with E-state index in [2.05, 4.69) is 20.6 Å². The Hall–Kier alpha value is -4.16. The second-order valence-electron chi connectivity index (χ2n) is 8.20. The van der Waals surface area contributed by atoms with Crippen LogP contribution in [0.4, 0.5) is 34.3 Å². The fraction of sp³-hybridized carbons (Fsp3) is 0.286. The number of hydrogen-bond acceptors (Lipinski definition) is 5. The number of carbonyl (C=O) groups is 3. The minimum atomic E-state index is -4.71. The van der Waals surface area contributed by atoms with Gasteiger partial charge in [-0.25, -0.2) is 14.6 Å². The first-order chi connectivity index (χ1) is 16.1. The lowest BCUT2D eigenvalue weighted by atomic mass is 10.1. The summed E-state index contributed by atoms with van der Waals surface area (Å²) in [5.74, 6) is -0.887. The van der Waals surface area contributed by atoms with Gasteiger partial charge in [-0.1, -0.05) is 18.2 Å². The molecule has 1 aliphatic heterocycles. The van der Waals surface area contributed by atoms with Crippen molar-refractivity contribution >= 4 is 40.4 Å². The number of nitrogens with one attached hydrogen (secondary N) is 2. The van der Waals surface area contributed by atoms with E-state index in [1.165, 1.54) is 15.7 Å². The van der Waals surface area contributed by atoms with Crippen LogP contribution in [-0.4, -0.2) is 49.5 Å². The maximum atomic E-state index is 13.2. The number of rotatable bonds is 3. The third kappa shape index (κ3) is 3.78. The van der Waals surface area contributed by atoms with E-state index in [9.17, 15) is 27.6 Å². The maximum Gasteiger partial charge on any atom is 0.434 e. The van der Waals surface area contributed by atoms with Gasteiger partial charge in [0.15, 0.2) is 11.5 Å². The fourth-order valence-corrected chi connectivity index (χ4v) is 4.40. The Kier molecular flexibility index (Phi) is 4.92. The van der Waals surface area contributed by atoms with Crippen molar-refractivity contribution in [1.82, 2.24) is 19.4 Å². The topological polar surface area (TPSA) is 135 Å². The summed E-state index contributed by atoms with van der Waals surface area (Å²) in [7, 11) is 0. The van der Waals surface area contributed by atoms with Crippen molar-refractivity contribution in [2.75, 3.05) is 10.6 Å². The second-order valence-corrected chi connectivity index (χ2v) is 8.20. The number of anilines is 2. The summed E-state index contributed by atoms with van der Waals surface area (Å²) in [6.45, 7) is 0. The van der Waals surface area contributed by atoms with E-state index < -0.39 is 35.9 Å². The summed E-state index contributed by atoms with van der Waals surface area (Å²) >= 11 is 0. The van der Waals surface area contributed by atoms with Crippen molar-refractivity contribution in [1.29, 1.82) is 0 Å². The highest BCUT2D eigenvalue weighted by atomic mass is 19.4. The average Bonchev–Trinajstić information content (AvgIpc) is 3.29. The summed E-state index contributed by atoms with van der Waals surface area (Å²) in [6.07, 6.45) is -0.644. The second kappa shape index (κ2) is 7.71. The third-order valence-electron chi connectivity index (χ3n) is 6.01. The molecule has 3 atom stereocenters. The van der Waals surface area contributed by atoms with E-state index in [0.29, 0.717) is 29.2 Å². The van der Waals surface area contributed by atoms with Gasteiger partial charge < -0.3 is 21.3 Å². The highest BCUT2D eigenvalue weighted by Crippen LogP contribution is 2.48. The monoisotopic (exact) mass is 473 g/mol. The van der Waals surface area contributed by atoms with Gasteiger partial charge in [0.1, 0.15) is 6.04 Å². The molecule has 4 amide bonds. The molecule has 0 radical (unpaired) electrons. The van der Waals surface area contributed by atoms with Gasteiger partial charge in [-0.05, 0) is 24.8 Å². The summed E-state index contributed by atoms with van der Waals surface area (Å²) < 4.78 is 39.9. The molecule has 5 rings (SSSR count). The van der Waals surface area contributed by atoms with Crippen LogP contribution >= 0.6 is 0 Å². The molecule has 10 nitrogen and oxygen atoms in total. The molecule has 176 valence electrons. The van der Waals surface area contributed by atoms with Gasteiger partial charge in [0.2, 0.25) is 5.91 Å². The molecule has 1 aliphatic carbocycles. The first-order valence-electron chi connectivity index (χ1n) is 10.3. The predicted molar refractivity (Wildman–Crippen MR) is 114 cm³/mol. The standard InChI is InChI=1S/C21H18F3N7O3/c22-21(23,24)16-7-26-8-17(28-16)29-18(32)15-6-10-5-14(10)31(15)20(34)27-12-9-30(19(25)33)13-4-2-1-3-11(12)13/h1-4,7-10,14-15H,5-6H2,(H2,25,33)(H,27,34)(H,28,29,32)/t10-,14-,15+/m1/s1. The molecular formula is C21H18F3N7O3. The van der Waals surface area contributed by atoms with Crippen LogP contribution in [-0.2, 0) is 11.0 Å². The summed E-state index contributed by atoms with van der Waals surface area (Å²) in [5, 5.41) is 5.66. The number of alkyl halides is 3. The summed E-state index contributed by atoms with van der Waals surface area (Å²) in [6, 6.07) is 4.51. The molecule has 2 aromatic heterocycles. The summed E-state index contributed by atoms with van der Waals surface area (Å²) in [4.78, 5) is 46.0. The summed E-state index contributed by atoms with van der Waals surface area (Å²) in [5.41, 5.74) is 5.02. The normalized spacial score (nSPS) is 21.3. The van der Waals surface area contributed by atoms with Gasteiger partial charge in [-0.3, -0.25) is 14.3 Å². The maximum absolute atomic E-state index is 13.2. The van der Waals surface area contributed by atoms with Gasteiger partial charge in [-0.2, -0.15) is 13.2 Å². The van der Waals surface area contributed by atoms with Crippen molar-refractivity contribution in [3.8, 4) is 0 Å². The lowest BCUT2D eigenvalue weighted by Gasteiger charge is -2.26. The van der Waals surface area contributed by atoms with Gasteiger partial charge >= 0.3 is 18.2 Å². The molecule has 1 aromatic carbocycles. The lowest BCUT2D eigenvalue weighted by Crippen LogP contribution is -2.47. The van der Waals surface area contributed by atoms with Crippen LogP contribution < -0.4 is 16.4 Å². The lowest BCUT2D eigenvalue weighted by molar-refractivity contribution is -0.141. The number of piperidine rings is 1. The zero-order chi connectivity index (χ0) is 24.2. The Morgan fingerprint density at radius 2 is 1.85 bits per heavy atom. The minimum Gasteiger partial charge on any atom is -0.351 e. The molecule has 0 bridgehead atoms. The minimum absolute atomic E-state index is 0.126. The van der Waals surface area contributed by atoms with Crippen LogP contribution in [0.1, 0.15) is 18.5 Å². The number of aromatic nitrogens is 3. The molecule has 1 saturated carbocycles. The van der Waals surface area contributed by atoms with Crippen molar-refractivity contribution in [2.45, 2.75) is 31.1 Å². The SMILES string of the molecule is NC(=O)n1cc(NC(=O)N2[C@@H]3C[C@@H]3C[C@H]2C(=O)Nc2cncc(C(F)(F)F)n2)c2ccccc21. The molecule has 13 heteroatoms. The zero-order valence-electron chi connectivity index (χ0n) is 17.4. The first kappa shape index (κ1) is 21.7. The smallest absolute Gasteiger partial charge is 0.351 e. The largest absolute Gasteiger partial charge is 0.434 e. The van der Waals surface area contributed by atoms with Crippen molar-refractivity contribution in [3.05, 3.63) is 48.5 Å². The number of para-hydroxylation sites is 1.